The largest absolute Gasteiger partial charge is 0.449 e. The van der Waals surface area contributed by atoms with Gasteiger partial charge in [0.05, 0.1) is 11.8 Å². The number of carbonyl (C=O) groups excluding carboxylic acids is 1. The molecule has 65 heavy (non-hydrogen) atoms. The molecule has 5 aromatic rings. The third kappa shape index (κ3) is 41.2. The van der Waals surface area contributed by atoms with E-state index in [2.05, 4.69) is 95.1 Å². The molecule has 0 aliphatic heterocycles. The lowest BCUT2D eigenvalue weighted by Gasteiger charge is -2.22. The van der Waals surface area contributed by atoms with Crippen LogP contribution < -0.4 is 5.32 Å². The predicted molar refractivity (Wildman–Crippen MR) is 259 cm³/mol. The highest BCUT2D eigenvalue weighted by molar-refractivity contribution is 5.72. The summed E-state index contributed by atoms with van der Waals surface area (Å²) in [5, 5.41) is 31.8. The molecule has 2 saturated carbocycles. The molecule has 17 nitrogen and oxygen atoms in total. The molecular weight excluding hydrogens is 827 g/mol. The molecule has 0 bridgehead atoms. The first-order valence-corrected chi connectivity index (χ1v) is 22.7. The maximum absolute atomic E-state index is 9.70. The fraction of sp³-hybridized carbons (Fsp3) is 0.667. The zero-order valence-electron chi connectivity index (χ0n) is 43.8. The standard InChI is InChI=1S/C8H16.C7H10N2O.C5H7NO.C5H10O.C4H7N3.2C4H6N2O.C4H10.C4H8.C3H7NO/c1-7-3-5-8(2)6-4-7;1-5-8-6(10-9-5)7(2)3-4-7;1-4-3-7-5(2)6-4;1-3-4-5(2)6;1-3-5-4(2)7-6-3;1-3-5-6-4(2)7-3;1-3-5-4(2)7-6-3;2*1-3-4-2;1-3(5)4-2/h7-8H,3-6H2,1-2H3;3-4H2,1-2H3;3H,1-2H3;3-6H,1-2H3;1-2H3,(H,5,6,7);2*1-2H3;3-4H2,1-2H3;3-4H,1-2H3;1-2H3,(H,4,5)/b;;;4-3+;;;;;4-3+;/t;;;5-;;;;;;/m...0....../s1. The zero-order valence-corrected chi connectivity index (χ0v) is 43.8. The molecule has 2 aliphatic rings. The highest BCUT2D eigenvalue weighted by atomic mass is 16.5. The van der Waals surface area contributed by atoms with Crippen LogP contribution in [-0.4, -0.2) is 74.8 Å². The van der Waals surface area contributed by atoms with Gasteiger partial charge in [-0.1, -0.05) is 108 Å². The second-order valence-corrected chi connectivity index (χ2v) is 16.0. The molecule has 0 saturated heterocycles. The second-order valence-electron chi connectivity index (χ2n) is 16.0. The van der Waals surface area contributed by atoms with Crippen molar-refractivity contribution >= 4 is 5.91 Å². The Morgan fingerprint density at radius 1 is 0.769 bits per heavy atom. The quantitative estimate of drug-likeness (QED) is 0.143. The van der Waals surface area contributed by atoms with Gasteiger partial charge in [0.2, 0.25) is 29.5 Å². The number of oxazole rings is 1. The molecule has 1 amide bonds. The van der Waals surface area contributed by atoms with Crippen LogP contribution in [0, 0.1) is 74.1 Å². The lowest BCUT2D eigenvalue weighted by atomic mass is 9.84. The zero-order chi connectivity index (χ0) is 50.4. The Kier molecular flexibility index (Phi) is 38.5. The lowest BCUT2D eigenvalue weighted by Crippen LogP contribution is -2.11. The van der Waals surface area contributed by atoms with E-state index in [4.69, 9.17) is 18.5 Å². The summed E-state index contributed by atoms with van der Waals surface area (Å²) in [4.78, 5) is 25.6. The van der Waals surface area contributed by atoms with Crippen LogP contribution >= 0.6 is 0 Å². The van der Waals surface area contributed by atoms with Crippen molar-refractivity contribution < 1.29 is 27.8 Å². The number of aliphatic hydroxyl groups is 1. The molecule has 370 valence electrons. The maximum Gasteiger partial charge on any atom is 0.232 e. The van der Waals surface area contributed by atoms with Crippen molar-refractivity contribution in [2.75, 3.05) is 7.05 Å². The number of H-pyrrole nitrogens is 1. The molecule has 17 heteroatoms. The van der Waals surface area contributed by atoms with Gasteiger partial charge >= 0.3 is 0 Å². The number of nitrogens with one attached hydrogen (secondary N) is 2. The third-order valence-corrected chi connectivity index (χ3v) is 8.70. The van der Waals surface area contributed by atoms with Crippen molar-refractivity contribution in [3.63, 3.8) is 0 Å². The molecule has 0 radical (unpaired) electrons. The molecule has 0 unspecified atom stereocenters. The number of aromatic nitrogens is 10. The van der Waals surface area contributed by atoms with Crippen LogP contribution in [-0.2, 0) is 10.2 Å². The Balaban J connectivity index is -0.000000665. The summed E-state index contributed by atoms with van der Waals surface area (Å²) >= 11 is 0. The molecule has 0 aromatic carbocycles. The van der Waals surface area contributed by atoms with E-state index in [0.717, 1.165) is 46.8 Å². The smallest absolute Gasteiger partial charge is 0.232 e. The van der Waals surface area contributed by atoms with Crippen molar-refractivity contribution in [3.8, 4) is 0 Å². The van der Waals surface area contributed by atoms with Crippen LogP contribution in [0.2, 0.25) is 0 Å². The minimum Gasteiger partial charge on any atom is -0.449 e. The van der Waals surface area contributed by atoms with E-state index < -0.39 is 0 Å². The summed E-state index contributed by atoms with van der Waals surface area (Å²) in [7, 11) is 1.60. The number of unbranched alkanes of at least 4 members (excludes halogenated alkanes) is 1. The molecule has 5 aromatic heterocycles. The Labute approximate surface area is 391 Å². The summed E-state index contributed by atoms with van der Waals surface area (Å²) in [5.41, 5.74) is 1.17. The highest BCUT2D eigenvalue weighted by Gasteiger charge is 2.44. The van der Waals surface area contributed by atoms with Gasteiger partial charge in [0.15, 0.2) is 17.5 Å². The third-order valence-electron chi connectivity index (χ3n) is 8.70. The average Bonchev–Trinajstić information content (AvgIpc) is 3.82. The van der Waals surface area contributed by atoms with Crippen LogP contribution in [0.3, 0.4) is 0 Å². The summed E-state index contributed by atoms with van der Waals surface area (Å²) < 4.78 is 19.3. The summed E-state index contributed by atoms with van der Waals surface area (Å²) in [5.74, 6) is 8.56. The van der Waals surface area contributed by atoms with Crippen molar-refractivity contribution in [1.82, 2.24) is 56.0 Å². The van der Waals surface area contributed by atoms with Gasteiger partial charge < -0.3 is 28.3 Å². The number of nitrogens with zero attached hydrogens (tertiary/aromatic N) is 9. The van der Waals surface area contributed by atoms with Gasteiger partial charge in [0.1, 0.15) is 17.9 Å². The first-order valence-electron chi connectivity index (χ1n) is 22.7. The van der Waals surface area contributed by atoms with Crippen molar-refractivity contribution in [2.24, 2.45) is 11.8 Å². The van der Waals surface area contributed by atoms with Gasteiger partial charge in [-0.25, -0.2) is 9.97 Å². The number of hydrogen-bond acceptors (Lipinski definition) is 15. The van der Waals surface area contributed by atoms with E-state index in [1.54, 1.807) is 54.0 Å². The fourth-order valence-electron chi connectivity index (χ4n) is 4.37. The second kappa shape index (κ2) is 39.1. The summed E-state index contributed by atoms with van der Waals surface area (Å²) in [6.07, 6.45) is 19.8. The summed E-state index contributed by atoms with van der Waals surface area (Å²) in [6.45, 7) is 36.7. The minimum atomic E-state index is -0.282. The van der Waals surface area contributed by atoms with Gasteiger partial charge in [-0.3, -0.25) is 9.89 Å². The van der Waals surface area contributed by atoms with E-state index in [0.29, 0.717) is 23.5 Å². The number of amides is 1. The molecule has 2 fully saturated rings. The Bertz CT molecular complexity index is 1660. The highest BCUT2D eigenvalue weighted by Crippen LogP contribution is 2.46. The molecule has 1 atom stereocenters. The van der Waals surface area contributed by atoms with Gasteiger partial charge in [-0.2, -0.15) is 15.1 Å². The van der Waals surface area contributed by atoms with Crippen LogP contribution in [0.4, 0.5) is 0 Å². The predicted octanol–water partition coefficient (Wildman–Crippen LogP) is 11.4. The normalized spacial score (nSPS) is 15.2. The molecule has 7 rings (SSSR count). The van der Waals surface area contributed by atoms with E-state index in [-0.39, 0.29) is 17.4 Å². The molecular formula is C48H87N11O6. The Morgan fingerprint density at radius 2 is 1.25 bits per heavy atom. The first kappa shape index (κ1) is 64.0. The van der Waals surface area contributed by atoms with Crippen LogP contribution in [0.25, 0.3) is 0 Å². The SMILES string of the molecule is C/C=C/C.C/C=C/[C@H](C)O.CC1CCC(C)CC1.CCCC.CNC(C)=O.Cc1coc(C)n1.Cc1n[nH]c(C)n1.Cc1nnc(C)o1.Cc1noc(C)n1.Cc1noc(C2(C)CC2)n1. The summed E-state index contributed by atoms with van der Waals surface area (Å²) in [6, 6.07) is 0. The van der Waals surface area contributed by atoms with Gasteiger partial charge in [0.25, 0.3) is 0 Å². The van der Waals surface area contributed by atoms with Crippen molar-refractivity contribution in [1.29, 1.82) is 0 Å². The number of carbonyl (C=O) groups is 1. The topological polar surface area (TPSA) is 234 Å². The fourth-order valence-corrected chi connectivity index (χ4v) is 4.37. The van der Waals surface area contributed by atoms with E-state index in [9.17, 15) is 4.79 Å². The van der Waals surface area contributed by atoms with E-state index >= 15 is 0 Å². The molecule has 2 aliphatic carbocycles. The van der Waals surface area contributed by atoms with Gasteiger partial charge in [-0.15, -0.1) is 10.2 Å². The number of aromatic amines is 1. The minimum absolute atomic E-state index is 0.00463. The van der Waals surface area contributed by atoms with Crippen LogP contribution in [0.5, 0.6) is 0 Å². The van der Waals surface area contributed by atoms with Crippen LogP contribution in [0.1, 0.15) is 179 Å². The molecule has 3 N–H and O–H groups in total. The number of aryl methyl sites for hydroxylation is 9. The average molecular weight is 914 g/mol. The monoisotopic (exact) mass is 914 g/mol. The number of rotatable bonds is 3. The van der Waals surface area contributed by atoms with Gasteiger partial charge in [-0.05, 0) is 87.0 Å². The number of allylic oxidation sites excluding steroid dienone is 3. The van der Waals surface area contributed by atoms with Gasteiger partial charge in [0, 0.05) is 47.1 Å². The molecule has 5 heterocycles. The lowest BCUT2D eigenvalue weighted by molar-refractivity contribution is -0.118. The molecule has 0 spiro atoms. The van der Waals surface area contributed by atoms with Crippen LogP contribution in [0.15, 0.2) is 48.4 Å². The maximum atomic E-state index is 9.70. The van der Waals surface area contributed by atoms with E-state index in [1.807, 2.05) is 73.6 Å². The number of aliphatic hydroxyl groups excluding tert-OH is 1. The Morgan fingerprint density at radius 3 is 1.40 bits per heavy atom. The number of hydrogen-bond donors (Lipinski definition) is 3. The van der Waals surface area contributed by atoms with Crippen molar-refractivity contribution in [2.45, 2.75) is 194 Å². The van der Waals surface area contributed by atoms with E-state index in [1.165, 1.54) is 58.3 Å². The Hall–Kier alpha value is -5.32. The van der Waals surface area contributed by atoms with Crippen molar-refractivity contribution in [3.05, 3.63) is 89.0 Å². The first-order chi connectivity index (χ1) is 30.5.